The van der Waals surface area contributed by atoms with E-state index in [0.29, 0.717) is 24.3 Å². The zero-order chi connectivity index (χ0) is 15.1. The molecule has 0 spiro atoms. The van der Waals surface area contributed by atoms with Gasteiger partial charge in [-0.25, -0.2) is 4.79 Å². The van der Waals surface area contributed by atoms with Gasteiger partial charge in [-0.3, -0.25) is 4.79 Å². The van der Waals surface area contributed by atoms with Gasteiger partial charge in [0.05, 0.1) is 12.2 Å². The molecule has 0 unspecified atom stereocenters. The van der Waals surface area contributed by atoms with Crippen LogP contribution < -0.4 is 5.32 Å². The molecule has 2 rings (SSSR count). The normalized spacial score (nSPS) is 10.1. The highest BCUT2D eigenvalue weighted by atomic mass is 32.1. The summed E-state index contributed by atoms with van der Waals surface area (Å²) in [6.45, 7) is 2.11. The van der Waals surface area contributed by atoms with Gasteiger partial charge in [-0.1, -0.05) is 0 Å². The van der Waals surface area contributed by atoms with Crippen LogP contribution in [0.25, 0.3) is 0 Å². The molecule has 0 bridgehead atoms. The van der Waals surface area contributed by atoms with Crippen molar-refractivity contribution in [3.63, 3.8) is 0 Å². The van der Waals surface area contributed by atoms with Crippen molar-refractivity contribution in [1.29, 1.82) is 0 Å². The van der Waals surface area contributed by atoms with Crippen LogP contribution >= 0.6 is 11.3 Å². The SMILES string of the molecule is CCOC(=O)c1ccc(NC(=O)CCc2ccsc2)cc1. The Hall–Kier alpha value is -2.14. The summed E-state index contributed by atoms with van der Waals surface area (Å²) in [6, 6.07) is 8.72. The standard InChI is InChI=1S/C16H17NO3S/c1-2-20-16(19)13-4-6-14(7-5-13)17-15(18)8-3-12-9-10-21-11-12/h4-7,9-11H,2-3,8H2,1H3,(H,17,18). The molecular formula is C16H17NO3S. The van der Waals surface area contributed by atoms with Crippen LogP contribution in [-0.4, -0.2) is 18.5 Å². The smallest absolute Gasteiger partial charge is 0.338 e. The molecule has 21 heavy (non-hydrogen) atoms. The molecule has 2 aromatic rings. The first-order chi connectivity index (χ1) is 10.2. The maximum Gasteiger partial charge on any atom is 0.338 e. The lowest BCUT2D eigenvalue weighted by molar-refractivity contribution is -0.116. The molecule has 1 heterocycles. The van der Waals surface area contributed by atoms with Crippen LogP contribution in [0.2, 0.25) is 0 Å². The minimum Gasteiger partial charge on any atom is -0.462 e. The van der Waals surface area contributed by atoms with Crippen molar-refractivity contribution in [2.24, 2.45) is 0 Å². The Balaban J connectivity index is 1.85. The van der Waals surface area contributed by atoms with Gasteiger partial charge in [0.15, 0.2) is 0 Å². The predicted molar refractivity (Wildman–Crippen MR) is 83.7 cm³/mol. The van der Waals surface area contributed by atoms with Crippen LogP contribution in [-0.2, 0) is 16.0 Å². The molecule has 1 N–H and O–H groups in total. The Morgan fingerprint density at radius 2 is 1.95 bits per heavy atom. The summed E-state index contributed by atoms with van der Waals surface area (Å²) in [5.74, 6) is -0.391. The molecule has 0 saturated heterocycles. The molecular weight excluding hydrogens is 286 g/mol. The van der Waals surface area contributed by atoms with Crippen molar-refractivity contribution >= 4 is 28.9 Å². The lowest BCUT2D eigenvalue weighted by Crippen LogP contribution is -2.12. The van der Waals surface area contributed by atoms with Gasteiger partial charge in [0.1, 0.15) is 0 Å². The van der Waals surface area contributed by atoms with E-state index in [-0.39, 0.29) is 11.9 Å². The van der Waals surface area contributed by atoms with Gasteiger partial charge in [0.25, 0.3) is 0 Å². The number of aryl methyl sites for hydroxylation is 1. The van der Waals surface area contributed by atoms with Crippen molar-refractivity contribution in [2.45, 2.75) is 19.8 Å². The number of benzene rings is 1. The van der Waals surface area contributed by atoms with Gasteiger partial charge >= 0.3 is 5.97 Å². The summed E-state index contributed by atoms with van der Waals surface area (Å²) in [5.41, 5.74) is 2.33. The van der Waals surface area contributed by atoms with Crippen molar-refractivity contribution in [3.05, 3.63) is 52.2 Å². The minimum atomic E-state index is -0.354. The average Bonchev–Trinajstić information content (AvgIpc) is 2.99. The van der Waals surface area contributed by atoms with Crippen molar-refractivity contribution in [1.82, 2.24) is 0 Å². The summed E-state index contributed by atoms with van der Waals surface area (Å²) >= 11 is 1.63. The number of hydrogen-bond acceptors (Lipinski definition) is 4. The number of esters is 1. The quantitative estimate of drug-likeness (QED) is 0.831. The summed E-state index contributed by atoms with van der Waals surface area (Å²) in [7, 11) is 0. The van der Waals surface area contributed by atoms with Crippen LogP contribution in [0, 0.1) is 0 Å². The van der Waals surface area contributed by atoms with E-state index in [1.165, 1.54) is 5.56 Å². The first kappa shape index (κ1) is 15.3. The molecule has 1 aromatic carbocycles. The van der Waals surface area contributed by atoms with E-state index in [0.717, 1.165) is 6.42 Å². The van der Waals surface area contributed by atoms with Crippen molar-refractivity contribution < 1.29 is 14.3 Å². The second-order valence-electron chi connectivity index (χ2n) is 4.48. The van der Waals surface area contributed by atoms with Crippen LogP contribution in [0.5, 0.6) is 0 Å². The second-order valence-corrected chi connectivity index (χ2v) is 5.26. The Kier molecular flexibility index (Phi) is 5.51. The molecule has 0 fully saturated rings. The molecule has 0 atom stereocenters. The zero-order valence-electron chi connectivity index (χ0n) is 11.8. The fourth-order valence-electron chi connectivity index (χ4n) is 1.82. The lowest BCUT2D eigenvalue weighted by atomic mass is 10.1. The minimum absolute atomic E-state index is 0.0370. The maximum atomic E-state index is 11.8. The Labute approximate surface area is 127 Å². The predicted octanol–water partition coefficient (Wildman–Crippen LogP) is 3.50. The number of nitrogens with one attached hydrogen (secondary N) is 1. The van der Waals surface area contributed by atoms with Crippen LogP contribution in [0.1, 0.15) is 29.3 Å². The number of hydrogen-bond donors (Lipinski definition) is 1. The zero-order valence-corrected chi connectivity index (χ0v) is 12.6. The monoisotopic (exact) mass is 303 g/mol. The fraction of sp³-hybridized carbons (Fsp3) is 0.250. The van der Waals surface area contributed by atoms with Crippen LogP contribution in [0.3, 0.4) is 0 Å². The highest BCUT2D eigenvalue weighted by Crippen LogP contribution is 2.12. The molecule has 1 aromatic heterocycles. The number of amides is 1. The van der Waals surface area contributed by atoms with E-state index in [1.807, 2.05) is 16.8 Å². The van der Waals surface area contributed by atoms with E-state index >= 15 is 0 Å². The molecule has 0 aliphatic heterocycles. The van der Waals surface area contributed by atoms with Gasteiger partial charge < -0.3 is 10.1 Å². The third-order valence-corrected chi connectivity index (χ3v) is 3.63. The summed E-state index contributed by atoms with van der Waals surface area (Å²) in [5, 5.41) is 6.86. The third kappa shape index (κ3) is 4.72. The lowest BCUT2D eigenvalue weighted by Gasteiger charge is -2.06. The highest BCUT2D eigenvalue weighted by molar-refractivity contribution is 7.07. The molecule has 110 valence electrons. The summed E-state index contributed by atoms with van der Waals surface area (Å²) in [6.07, 6.45) is 1.17. The Morgan fingerprint density at radius 1 is 1.19 bits per heavy atom. The van der Waals surface area contributed by atoms with Crippen LogP contribution in [0.4, 0.5) is 5.69 Å². The number of carbonyl (C=O) groups excluding carboxylic acids is 2. The number of ether oxygens (including phenoxy) is 1. The van der Waals surface area contributed by atoms with Gasteiger partial charge in [-0.05, 0) is 60.0 Å². The van der Waals surface area contributed by atoms with E-state index in [9.17, 15) is 9.59 Å². The van der Waals surface area contributed by atoms with Crippen molar-refractivity contribution in [2.75, 3.05) is 11.9 Å². The summed E-state index contributed by atoms with van der Waals surface area (Å²) in [4.78, 5) is 23.3. The topological polar surface area (TPSA) is 55.4 Å². The molecule has 0 radical (unpaired) electrons. The fourth-order valence-corrected chi connectivity index (χ4v) is 2.52. The number of rotatable bonds is 6. The Bertz CT molecular complexity index is 590. The molecule has 0 saturated carbocycles. The van der Waals surface area contributed by atoms with Gasteiger partial charge in [0.2, 0.25) is 5.91 Å². The first-order valence-corrected chi connectivity index (χ1v) is 7.71. The number of thiophene rings is 1. The van der Waals surface area contributed by atoms with Gasteiger partial charge in [-0.2, -0.15) is 11.3 Å². The second kappa shape index (κ2) is 7.59. The van der Waals surface area contributed by atoms with Gasteiger partial charge in [0, 0.05) is 12.1 Å². The van der Waals surface area contributed by atoms with Crippen molar-refractivity contribution in [3.8, 4) is 0 Å². The molecule has 0 aliphatic carbocycles. The maximum absolute atomic E-state index is 11.8. The largest absolute Gasteiger partial charge is 0.462 e. The van der Waals surface area contributed by atoms with E-state index in [4.69, 9.17) is 4.74 Å². The highest BCUT2D eigenvalue weighted by Gasteiger charge is 2.07. The molecule has 1 amide bonds. The molecule has 5 heteroatoms. The van der Waals surface area contributed by atoms with E-state index < -0.39 is 0 Å². The summed E-state index contributed by atoms with van der Waals surface area (Å²) < 4.78 is 4.90. The third-order valence-electron chi connectivity index (χ3n) is 2.90. The molecule has 4 nitrogen and oxygen atoms in total. The molecule has 0 aliphatic rings. The first-order valence-electron chi connectivity index (χ1n) is 6.77. The van der Waals surface area contributed by atoms with Gasteiger partial charge in [-0.15, -0.1) is 0 Å². The number of anilines is 1. The average molecular weight is 303 g/mol. The van der Waals surface area contributed by atoms with E-state index in [2.05, 4.69) is 5.32 Å². The number of carbonyl (C=O) groups is 2. The van der Waals surface area contributed by atoms with E-state index in [1.54, 1.807) is 42.5 Å². The van der Waals surface area contributed by atoms with Crippen LogP contribution in [0.15, 0.2) is 41.1 Å². The Morgan fingerprint density at radius 3 is 2.57 bits per heavy atom.